The molecule has 0 saturated heterocycles. The van der Waals surface area contributed by atoms with Crippen molar-refractivity contribution in [2.24, 2.45) is 0 Å². The predicted octanol–water partition coefficient (Wildman–Crippen LogP) is 3.99. The van der Waals surface area contributed by atoms with E-state index in [4.69, 9.17) is 0 Å². The van der Waals surface area contributed by atoms with Gasteiger partial charge in [0.25, 0.3) is 0 Å². The topological polar surface area (TPSA) is 0 Å². The van der Waals surface area contributed by atoms with Crippen LogP contribution in [0.2, 0.25) is 0 Å². The molecule has 0 aromatic carbocycles. The number of rotatable bonds is 1. The Labute approximate surface area is 107 Å². The molecule has 0 atom stereocenters. The Morgan fingerprint density at radius 3 is 2.27 bits per heavy atom. The van der Waals surface area contributed by atoms with Crippen molar-refractivity contribution in [3.05, 3.63) is 61.3 Å². The molecule has 1 heteroatoms. The number of allylic oxidation sites excluding steroid dienone is 8. The minimum absolute atomic E-state index is 0. The molecule has 0 nitrogen and oxygen atoms in total. The summed E-state index contributed by atoms with van der Waals surface area (Å²) in [5, 5.41) is 0. The first-order valence-corrected chi connectivity index (χ1v) is 4.82. The van der Waals surface area contributed by atoms with Crippen LogP contribution in [0.5, 0.6) is 0 Å². The van der Waals surface area contributed by atoms with E-state index in [-0.39, 0.29) is 19.5 Å². The summed E-state index contributed by atoms with van der Waals surface area (Å²) in [4.78, 5) is 0. The maximum atomic E-state index is 4.25. The van der Waals surface area contributed by atoms with Gasteiger partial charge in [-0.05, 0) is 0 Å². The average molecular weight is 286 g/mol. The van der Waals surface area contributed by atoms with E-state index in [1.54, 1.807) is 0 Å². The first-order chi connectivity index (χ1) is 6.93. The van der Waals surface area contributed by atoms with Crippen molar-refractivity contribution in [1.82, 2.24) is 0 Å². The first kappa shape index (κ1) is 16.7. The van der Waals surface area contributed by atoms with Crippen molar-refractivity contribution in [2.45, 2.75) is 26.2 Å². The summed E-state index contributed by atoms with van der Waals surface area (Å²) in [7, 11) is 0. The molecule has 0 N–H and O–H groups in total. The van der Waals surface area contributed by atoms with Crippen molar-refractivity contribution in [2.75, 3.05) is 0 Å². The summed E-state index contributed by atoms with van der Waals surface area (Å²) < 4.78 is 0. The van der Waals surface area contributed by atoms with E-state index in [1.807, 2.05) is 12.2 Å². The Balaban J connectivity index is 0. The molecule has 1 radical (unpaired) electrons. The Hall–Kier alpha value is -0.677. The van der Waals surface area contributed by atoms with Crippen molar-refractivity contribution in [3.8, 4) is 0 Å². The summed E-state index contributed by atoms with van der Waals surface area (Å²) in [6, 6.07) is 0. The standard InChI is InChI=1S/C7H9.C5H5.C2H3.Ru/c1-2-7-5-3-4-6-7;1-2-4-5-3-1;1-2;/h3,5H,2,4H2,1H3;1-3H,4H2;1H,2H2;/q3*-1;+3. The predicted molar refractivity (Wildman–Crippen MR) is 62.3 cm³/mol. The molecule has 0 aliphatic heterocycles. The van der Waals surface area contributed by atoms with Gasteiger partial charge in [0.15, 0.2) is 0 Å². The largest absolute Gasteiger partial charge is 3.00 e. The second-order valence-corrected chi connectivity index (χ2v) is 2.67. The summed E-state index contributed by atoms with van der Waals surface area (Å²) >= 11 is 0. The fourth-order valence-electron chi connectivity index (χ4n) is 1.03. The minimum atomic E-state index is 0. The van der Waals surface area contributed by atoms with Crippen LogP contribution in [0.25, 0.3) is 0 Å². The fraction of sp³-hybridized carbons (Fsp3) is 0.286. The molecule has 0 bridgehead atoms. The van der Waals surface area contributed by atoms with Gasteiger partial charge in [-0.15, -0.1) is 12.8 Å². The van der Waals surface area contributed by atoms with Crippen LogP contribution in [0.15, 0.2) is 42.5 Å². The van der Waals surface area contributed by atoms with Gasteiger partial charge in [0.05, 0.1) is 0 Å². The van der Waals surface area contributed by atoms with Crippen LogP contribution < -0.4 is 0 Å². The van der Waals surface area contributed by atoms with Crippen LogP contribution in [0.1, 0.15) is 26.2 Å². The van der Waals surface area contributed by atoms with Crippen LogP contribution in [-0.4, -0.2) is 0 Å². The van der Waals surface area contributed by atoms with E-state index in [0.717, 1.165) is 19.3 Å². The molecule has 2 aliphatic rings. The Bertz CT molecular complexity index is 234. The normalized spacial score (nSPS) is 14.3. The van der Waals surface area contributed by atoms with Crippen molar-refractivity contribution >= 4 is 0 Å². The smallest absolute Gasteiger partial charge is 0.521 e. The summed E-state index contributed by atoms with van der Waals surface area (Å²) in [6.07, 6.45) is 19.7. The minimum Gasteiger partial charge on any atom is -0.521 e. The maximum Gasteiger partial charge on any atom is 3.00 e. The number of hydrogen-bond acceptors (Lipinski definition) is 0. The van der Waals surface area contributed by atoms with Gasteiger partial charge in [0, 0.05) is 0 Å². The maximum absolute atomic E-state index is 4.25. The average Bonchev–Trinajstić information content (AvgIpc) is 2.97. The van der Waals surface area contributed by atoms with E-state index in [9.17, 15) is 0 Å². The van der Waals surface area contributed by atoms with Crippen molar-refractivity contribution < 1.29 is 19.5 Å². The quantitative estimate of drug-likeness (QED) is 0.505. The molecule has 0 fully saturated rings. The molecule has 2 rings (SSSR count). The van der Waals surface area contributed by atoms with Gasteiger partial charge < -0.3 is 6.58 Å². The molecular formula is C14H17Ru. The zero-order valence-electron chi connectivity index (χ0n) is 9.15. The molecule has 2 aliphatic carbocycles. The molecule has 0 unspecified atom stereocenters. The van der Waals surface area contributed by atoms with Crippen molar-refractivity contribution in [3.63, 3.8) is 0 Å². The second-order valence-electron chi connectivity index (χ2n) is 2.67. The summed E-state index contributed by atoms with van der Waals surface area (Å²) in [6.45, 7) is 9.15. The van der Waals surface area contributed by atoms with Gasteiger partial charge in [-0.25, -0.2) is 23.8 Å². The monoisotopic (exact) mass is 287 g/mol. The van der Waals surface area contributed by atoms with Gasteiger partial charge in [-0.3, -0.25) is 18.7 Å². The van der Waals surface area contributed by atoms with E-state index >= 15 is 0 Å². The van der Waals surface area contributed by atoms with Gasteiger partial charge in [-0.2, -0.15) is 12.2 Å². The van der Waals surface area contributed by atoms with Crippen LogP contribution >= 0.6 is 0 Å². The first-order valence-electron chi connectivity index (χ1n) is 4.82. The van der Waals surface area contributed by atoms with Crippen LogP contribution in [0.3, 0.4) is 0 Å². The molecule has 0 aromatic heterocycles. The Morgan fingerprint density at radius 1 is 1.33 bits per heavy atom. The molecule has 81 valence electrons. The molecule has 0 saturated carbocycles. The third kappa shape index (κ3) is 9.62. The molecule has 0 amide bonds. The molecule has 15 heavy (non-hydrogen) atoms. The van der Waals surface area contributed by atoms with Gasteiger partial charge >= 0.3 is 19.5 Å². The van der Waals surface area contributed by atoms with Gasteiger partial charge in [0.2, 0.25) is 0 Å². The summed E-state index contributed by atoms with van der Waals surface area (Å²) in [5.41, 5.74) is 1.36. The second kappa shape index (κ2) is 13.3. The van der Waals surface area contributed by atoms with Crippen LogP contribution in [0, 0.1) is 18.7 Å². The Morgan fingerprint density at radius 2 is 2.07 bits per heavy atom. The SMILES string of the molecule is CCC1=[C-]CC=C1.[C-]1=CC=CC1.[CH-]=C.[Ru+3]. The van der Waals surface area contributed by atoms with E-state index in [1.165, 1.54) is 5.57 Å². The molecule has 0 spiro atoms. The van der Waals surface area contributed by atoms with E-state index in [0.29, 0.717) is 0 Å². The van der Waals surface area contributed by atoms with Crippen LogP contribution in [-0.2, 0) is 19.5 Å². The van der Waals surface area contributed by atoms with Gasteiger partial charge in [-0.1, -0.05) is 13.3 Å². The van der Waals surface area contributed by atoms with E-state index in [2.05, 4.69) is 50.5 Å². The Kier molecular flexibility index (Phi) is 14.9. The zero-order chi connectivity index (χ0) is 10.6. The molecular weight excluding hydrogens is 269 g/mol. The third-order valence-electron chi connectivity index (χ3n) is 1.73. The van der Waals surface area contributed by atoms with E-state index < -0.39 is 0 Å². The molecule has 0 aromatic rings. The molecule has 0 heterocycles. The zero-order valence-corrected chi connectivity index (χ0v) is 10.9. The third-order valence-corrected chi connectivity index (χ3v) is 1.73. The fourth-order valence-corrected chi connectivity index (χ4v) is 1.03. The van der Waals surface area contributed by atoms with Gasteiger partial charge in [0.1, 0.15) is 0 Å². The van der Waals surface area contributed by atoms with Crippen LogP contribution in [0.4, 0.5) is 0 Å². The summed E-state index contributed by atoms with van der Waals surface area (Å²) in [5.74, 6) is 0. The van der Waals surface area contributed by atoms with Crippen molar-refractivity contribution in [1.29, 1.82) is 0 Å². The number of hydrogen-bond donors (Lipinski definition) is 0.